The molecule has 96 valence electrons. The number of oxazole rings is 1. The molecule has 0 spiro atoms. The molecule has 2 aliphatic rings. The van der Waals surface area contributed by atoms with Crippen LogP contribution in [0.2, 0.25) is 0 Å². The molecule has 1 aromatic carbocycles. The van der Waals surface area contributed by atoms with E-state index in [0.29, 0.717) is 11.6 Å². The van der Waals surface area contributed by atoms with E-state index in [1.165, 1.54) is 0 Å². The van der Waals surface area contributed by atoms with E-state index in [0.717, 1.165) is 37.1 Å². The van der Waals surface area contributed by atoms with Gasteiger partial charge in [0.1, 0.15) is 0 Å². The average Bonchev–Trinajstić information content (AvgIpc) is 3.01. The Morgan fingerprint density at radius 1 is 1.21 bits per heavy atom. The summed E-state index contributed by atoms with van der Waals surface area (Å²) in [5, 5.41) is 0. The molecule has 2 aromatic rings. The van der Waals surface area contributed by atoms with Gasteiger partial charge >= 0.3 is 0 Å². The lowest BCUT2D eigenvalue weighted by molar-refractivity contribution is 0.0650. The summed E-state index contributed by atoms with van der Waals surface area (Å²) in [6, 6.07) is 9.85. The lowest BCUT2D eigenvalue weighted by Crippen LogP contribution is -2.32. The van der Waals surface area contributed by atoms with Gasteiger partial charge in [0.2, 0.25) is 5.89 Å². The zero-order chi connectivity index (χ0) is 12.8. The minimum atomic E-state index is 0.0330. The predicted molar refractivity (Wildman–Crippen MR) is 69.6 cm³/mol. The fourth-order valence-corrected chi connectivity index (χ4v) is 3.00. The van der Waals surface area contributed by atoms with Crippen LogP contribution < -0.4 is 0 Å². The van der Waals surface area contributed by atoms with Gasteiger partial charge in [-0.15, -0.1) is 0 Å². The standard InChI is InChI=1S/C15H14N2O2/c18-15-12-13(11-8-4-5-9-17(11)15)19-14(16-12)10-6-2-1-3-7-10/h1-3,6-7,11H,4-5,8-9H2. The van der Waals surface area contributed by atoms with Crippen molar-refractivity contribution in [2.45, 2.75) is 25.3 Å². The largest absolute Gasteiger partial charge is 0.438 e. The van der Waals surface area contributed by atoms with E-state index in [1.54, 1.807) is 0 Å². The van der Waals surface area contributed by atoms with Crippen LogP contribution >= 0.6 is 0 Å². The van der Waals surface area contributed by atoms with Crippen molar-refractivity contribution in [1.29, 1.82) is 0 Å². The molecule has 4 nitrogen and oxygen atoms in total. The Balaban J connectivity index is 1.78. The lowest BCUT2D eigenvalue weighted by Gasteiger charge is -2.28. The Bertz CT molecular complexity index is 633. The van der Waals surface area contributed by atoms with Crippen molar-refractivity contribution in [2.24, 2.45) is 0 Å². The highest BCUT2D eigenvalue weighted by atomic mass is 16.4. The van der Waals surface area contributed by atoms with Crippen LogP contribution in [0.5, 0.6) is 0 Å². The van der Waals surface area contributed by atoms with Crippen molar-refractivity contribution in [2.75, 3.05) is 6.54 Å². The normalized spacial score (nSPS) is 21.4. The van der Waals surface area contributed by atoms with E-state index < -0.39 is 0 Å². The molecule has 0 saturated carbocycles. The first-order valence-corrected chi connectivity index (χ1v) is 6.72. The summed E-state index contributed by atoms with van der Waals surface area (Å²) in [5.74, 6) is 1.36. The summed E-state index contributed by atoms with van der Waals surface area (Å²) in [4.78, 5) is 18.6. The highest BCUT2D eigenvalue weighted by Crippen LogP contribution is 2.41. The molecule has 1 amide bonds. The quantitative estimate of drug-likeness (QED) is 0.785. The zero-order valence-corrected chi connectivity index (χ0v) is 10.5. The van der Waals surface area contributed by atoms with Crippen LogP contribution in [0.1, 0.15) is 41.6 Å². The Hall–Kier alpha value is -2.10. The Morgan fingerprint density at radius 3 is 2.89 bits per heavy atom. The monoisotopic (exact) mass is 254 g/mol. The number of hydrogen-bond donors (Lipinski definition) is 0. The van der Waals surface area contributed by atoms with Crippen molar-refractivity contribution >= 4 is 5.91 Å². The van der Waals surface area contributed by atoms with Crippen LogP contribution in [-0.2, 0) is 0 Å². The number of aromatic nitrogens is 1. The molecule has 0 aliphatic carbocycles. The molecule has 2 aliphatic heterocycles. The number of hydrogen-bond acceptors (Lipinski definition) is 3. The van der Waals surface area contributed by atoms with E-state index in [1.807, 2.05) is 35.2 Å². The Labute approximate surface area is 111 Å². The first-order valence-electron chi connectivity index (χ1n) is 6.72. The van der Waals surface area contributed by atoms with E-state index in [4.69, 9.17) is 4.42 Å². The highest BCUT2D eigenvalue weighted by Gasteiger charge is 2.43. The van der Waals surface area contributed by atoms with E-state index in [-0.39, 0.29) is 11.9 Å². The number of piperidine rings is 1. The van der Waals surface area contributed by atoms with Crippen molar-refractivity contribution < 1.29 is 9.21 Å². The minimum Gasteiger partial charge on any atom is -0.438 e. The number of fused-ring (bicyclic) bond motifs is 3. The SMILES string of the molecule is O=C1c2nc(-c3ccccc3)oc2C2CCCCN12. The molecule has 0 N–H and O–H groups in total. The molecular weight excluding hydrogens is 240 g/mol. The molecule has 1 unspecified atom stereocenters. The Kier molecular flexibility index (Phi) is 2.24. The number of carbonyl (C=O) groups is 1. The van der Waals surface area contributed by atoms with E-state index in [9.17, 15) is 4.79 Å². The second kappa shape index (κ2) is 3.95. The third-order valence-corrected chi connectivity index (χ3v) is 3.94. The lowest BCUT2D eigenvalue weighted by atomic mass is 10.0. The third kappa shape index (κ3) is 1.52. The van der Waals surface area contributed by atoms with Crippen molar-refractivity contribution in [1.82, 2.24) is 9.88 Å². The second-order valence-electron chi connectivity index (χ2n) is 5.11. The van der Waals surface area contributed by atoms with Gasteiger partial charge in [-0.25, -0.2) is 4.98 Å². The smallest absolute Gasteiger partial charge is 0.276 e. The number of carbonyl (C=O) groups excluding carboxylic acids is 1. The molecule has 1 saturated heterocycles. The fraction of sp³-hybridized carbons (Fsp3) is 0.333. The maximum Gasteiger partial charge on any atom is 0.276 e. The van der Waals surface area contributed by atoms with E-state index in [2.05, 4.69) is 4.98 Å². The summed E-state index contributed by atoms with van der Waals surface area (Å²) >= 11 is 0. The molecule has 3 heterocycles. The minimum absolute atomic E-state index is 0.0330. The maximum absolute atomic E-state index is 12.3. The van der Waals surface area contributed by atoms with Gasteiger partial charge in [0.05, 0.1) is 6.04 Å². The van der Waals surface area contributed by atoms with Gasteiger partial charge in [-0.05, 0) is 31.4 Å². The molecular formula is C15H14N2O2. The molecule has 1 atom stereocenters. The molecule has 19 heavy (non-hydrogen) atoms. The van der Waals surface area contributed by atoms with Crippen molar-refractivity contribution in [3.05, 3.63) is 41.8 Å². The number of rotatable bonds is 1. The van der Waals surface area contributed by atoms with Crippen LogP contribution in [-0.4, -0.2) is 22.3 Å². The highest BCUT2D eigenvalue weighted by molar-refractivity contribution is 5.97. The summed E-state index contributed by atoms with van der Waals surface area (Å²) in [5.41, 5.74) is 1.44. The van der Waals surface area contributed by atoms with Crippen LogP contribution in [0.4, 0.5) is 0 Å². The topological polar surface area (TPSA) is 46.3 Å². The predicted octanol–water partition coefficient (Wildman–Crippen LogP) is 3.02. The van der Waals surface area contributed by atoms with Crippen molar-refractivity contribution in [3.8, 4) is 11.5 Å². The third-order valence-electron chi connectivity index (χ3n) is 3.94. The summed E-state index contributed by atoms with van der Waals surface area (Å²) in [7, 11) is 0. The first kappa shape index (κ1) is 10.8. The first-order chi connectivity index (χ1) is 9.34. The van der Waals surface area contributed by atoms with Crippen LogP contribution in [0, 0.1) is 0 Å². The van der Waals surface area contributed by atoms with Gasteiger partial charge in [-0.3, -0.25) is 4.79 Å². The van der Waals surface area contributed by atoms with E-state index >= 15 is 0 Å². The van der Waals surface area contributed by atoms with Crippen LogP contribution in [0.15, 0.2) is 34.7 Å². The second-order valence-corrected chi connectivity index (χ2v) is 5.11. The zero-order valence-electron chi connectivity index (χ0n) is 10.5. The van der Waals surface area contributed by atoms with Crippen LogP contribution in [0.3, 0.4) is 0 Å². The number of nitrogens with zero attached hydrogens (tertiary/aromatic N) is 2. The van der Waals surface area contributed by atoms with Crippen LogP contribution in [0.25, 0.3) is 11.5 Å². The molecule has 0 radical (unpaired) electrons. The summed E-state index contributed by atoms with van der Waals surface area (Å²) in [6.45, 7) is 0.829. The Morgan fingerprint density at radius 2 is 2.05 bits per heavy atom. The van der Waals surface area contributed by atoms with Gasteiger partial charge in [0.25, 0.3) is 5.91 Å². The van der Waals surface area contributed by atoms with Crippen molar-refractivity contribution in [3.63, 3.8) is 0 Å². The molecule has 4 rings (SSSR count). The van der Waals surface area contributed by atoms with Gasteiger partial charge in [0.15, 0.2) is 11.5 Å². The molecule has 4 heteroatoms. The van der Waals surface area contributed by atoms with Gasteiger partial charge in [-0.2, -0.15) is 0 Å². The van der Waals surface area contributed by atoms with Gasteiger partial charge < -0.3 is 9.32 Å². The molecule has 1 fully saturated rings. The maximum atomic E-state index is 12.3. The fourth-order valence-electron chi connectivity index (χ4n) is 3.00. The molecule has 0 bridgehead atoms. The van der Waals surface area contributed by atoms with Gasteiger partial charge in [-0.1, -0.05) is 18.2 Å². The average molecular weight is 254 g/mol. The molecule has 1 aromatic heterocycles. The van der Waals surface area contributed by atoms with Gasteiger partial charge in [0, 0.05) is 12.1 Å². The summed E-state index contributed by atoms with van der Waals surface area (Å²) in [6.07, 6.45) is 3.22. The number of benzene rings is 1. The number of amides is 1. The summed E-state index contributed by atoms with van der Waals surface area (Å²) < 4.78 is 5.88.